The number of methoxy groups -OCH3 is 1. The minimum Gasteiger partial charge on any atom is -0.465 e. The Balaban J connectivity index is 2.24. The largest absolute Gasteiger partial charge is 0.465 e. The third kappa shape index (κ3) is 2.36. The Kier molecular flexibility index (Phi) is 3.62. The first-order valence-electron chi connectivity index (χ1n) is 5.84. The van der Waals surface area contributed by atoms with Gasteiger partial charge in [0.1, 0.15) is 0 Å². The molecule has 5 nitrogen and oxygen atoms in total. The summed E-state index contributed by atoms with van der Waals surface area (Å²) >= 11 is 0. The molecule has 1 aromatic rings. The Morgan fingerprint density at radius 1 is 1.56 bits per heavy atom. The number of rotatable bonds is 3. The number of benzene rings is 1. The van der Waals surface area contributed by atoms with E-state index in [2.05, 4.69) is 4.74 Å². The van der Waals surface area contributed by atoms with Crippen molar-refractivity contribution >= 4 is 17.6 Å². The molecule has 1 aliphatic heterocycles. The van der Waals surface area contributed by atoms with E-state index >= 15 is 0 Å². The number of esters is 1. The van der Waals surface area contributed by atoms with Gasteiger partial charge in [0.25, 0.3) is 0 Å². The van der Waals surface area contributed by atoms with E-state index in [1.165, 1.54) is 7.11 Å². The zero-order chi connectivity index (χ0) is 13.1. The molecule has 1 heterocycles. The Hall–Kier alpha value is -1.88. The number of carbonyl (C=O) groups is 2. The van der Waals surface area contributed by atoms with Crippen molar-refractivity contribution in [1.29, 1.82) is 0 Å². The summed E-state index contributed by atoms with van der Waals surface area (Å²) in [4.78, 5) is 25.0. The first-order chi connectivity index (χ1) is 8.65. The highest BCUT2D eigenvalue weighted by Crippen LogP contribution is 2.25. The number of nitrogens with two attached hydrogens (primary N) is 1. The predicted octanol–water partition coefficient (Wildman–Crippen LogP) is 0.785. The second kappa shape index (κ2) is 5.18. The number of hydrogen-bond donors (Lipinski definition) is 1. The lowest BCUT2D eigenvalue weighted by molar-refractivity contribution is -0.117. The van der Waals surface area contributed by atoms with E-state index in [-0.39, 0.29) is 11.8 Å². The Morgan fingerprint density at radius 2 is 2.33 bits per heavy atom. The van der Waals surface area contributed by atoms with Crippen LogP contribution in [0.15, 0.2) is 24.3 Å². The minimum atomic E-state index is -0.404. The van der Waals surface area contributed by atoms with Crippen LogP contribution in [0.1, 0.15) is 16.8 Å². The van der Waals surface area contributed by atoms with E-state index in [1.807, 2.05) is 6.07 Å². The summed E-state index contributed by atoms with van der Waals surface area (Å²) < 4.78 is 4.66. The maximum atomic E-state index is 11.8. The van der Waals surface area contributed by atoms with Crippen molar-refractivity contribution in [1.82, 2.24) is 0 Å². The zero-order valence-corrected chi connectivity index (χ0v) is 10.3. The van der Waals surface area contributed by atoms with Gasteiger partial charge in [0.2, 0.25) is 5.91 Å². The fraction of sp³-hybridized carbons (Fsp3) is 0.385. The van der Waals surface area contributed by atoms with E-state index in [9.17, 15) is 9.59 Å². The normalized spacial score (nSPS) is 19.1. The van der Waals surface area contributed by atoms with Crippen molar-refractivity contribution in [3.63, 3.8) is 0 Å². The van der Waals surface area contributed by atoms with Crippen LogP contribution < -0.4 is 10.6 Å². The molecule has 1 atom stereocenters. The topological polar surface area (TPSA) is 72.6 Å². The SMILES string of the molecule is COC(=O)c1cccc(N2CC(CN)CC2=O)c1. The van der Waals surface area contributed by atoms with E-state index in [0.717, 1.165) is 5.69 Å². The quantitative estimate of drug-likeness (QED) is 0.802. The second-order valence-electron chi connectivity index (χ2n) is 4.35. The third-order valence-corrected chi connectivity index (χ3v) is 3.12. The van der Waals surface area contributed by atoms with Crippen molar-refractivity contribution in [3.8, 4) is 0 Å². The maximum Gasteiger partial charge on any atom is 0.337 e. The molecule has 96 valence electrons. The fourth-order valence-corrected chi connectivity index (χ4v) is 2.11. The van der Waals surface area contributed by atoms with Crippen LogP contribution >= 0.6 is 0 Å². The van der Waals surface area contributed by atoms with Crippen molar-refractivity contribution < 1.29 is 14.3 Å². The minimum absolute atomic E-state index is 0.0486. The lowest BCUT2D eigenvalue weighted by Crippen LogP contribution is -2.25. The summed E-state index contributed by atoms with van der Waals surface area (Å²) in [6.07, 6.45) is 0.471. The molecule has 0 aromatic heterocycles. The first kappa shape index (κ1) is 12.6. The zero-order valence-electron chi connectivity index (χ0n) is 10.3. The van der Waals surface area contributed by atoms with Gasteiger partial charge >= 0.3 is 5.97 Å². The van der Waals surface area contributed by atoms with Gasteiger partial charge in [-0.3, -0.25) is 4.79 Å². The fourth-order valence-electron chi connectivity index (χ4n) is 2.11. The molecule has 0 radical (unpaired) electrons. The molecule has 1 aromatic carbocycles. The van der Waals surface area contributed by atoms with Gasteiger partial charge in [-0.1, -0.05) is 6.07 Å². The summed E-state index contributed by atoms with van der Waals surface area (Å²) in [6.45, 7) is 1.11. The highest BCUT2D eigenvalue weighted by molar-refractivity contribution is 5.97. The summed E-state index contributed by atoms with van der Waals surface area (Å²) in [5.74, 6) is -0.161. The van der Waals surface area contributed by atoms with E-state index in [1.54, 1.807) is 23.1 Å². The molecule has 1 fully saturated rings. The van der Waals surface area contributed by atoms with Gasteiger partial charge in [-0.2, -0.15) is 0 Å². The molecular weight excluding hydrogens is 232 g/mol. The maximum absolute atomic E-state index is 11.8. The number of nitrogens with zero attached hydrogens (tertiary/aromatic N) is 1. The molecule has 5 heteroatoms. The number of hydrogen-bond acceptors (Lipinski definition) is 4. The molecule has 0 spiro atoms. The van der Waals surface area contributed by atoms with Crippen molar-refractivity contribution in [2.75, 3.05) is 25.1 Å². The molecule has 0 saturated carbocycles. The smallest absolute Gasteiger partial charge is 0.337 e. The van der Waals surface area contributed by atoms with Gasteiger partial charge in [0, 0.05) is 18.7 Å². The Morgan fingerprint density at radius 3 is 2.94 bits per heavy atom. The van der Waals surface area contributed by atoms with Gasteiger partial charge in [-0.05, 0) is 30.7 Å². The molecular formula is C13H16N2O3. The van der Waals surface area contributed by atoms with Crippen LogP contribution in [0.2, 0.25) is 0 Å². The molecule has 0 bridgehead atoms. The predicted molar refractivity (Wildman–Crippen MR) is 67.3 cm³/mol. The molecule has 18 heavy (non-hydrogen) atoms. The van der Waals surface area contributed by atoms with E-state index < -0.39 is 5.97 Å². The number of amides is 1. The molecule has 2 N–H and O–H groups in total. The standard InChI is InChI=1S/C13H16N2O3/c1-18-13(17)10-3-2-4-11(6-10)15-8-9(7-14)5-12(15)16/h2-4,6,9H,5,7-8,14H2,1H3. The van der Waals surface area contributed by atoms with Gasteiger partial charge < -0.3 is 15.4 Å². The molecule has 0 aliphatic carbocycles. The number of anilines is 1. The van der Waals surface area contributed by atoms with Crippen LogP contribution in [0, 0.1) is 5.92 Å². The van der Waals surface area contributed by atoms with E-state index in [4.69, 9.17) is 5.73 Å². The van der Waals surface area contributed by atoms with Crippen LogP contribution in [0.4, 0.5) is 5.69 Å². The lowest BCUT2D eigenvalue weighted by atomic mass is 10.1. The van der Waals surface area contributed by atoms with Crippen LogP contribution in [0.5, 0.6) is 0 Å². The van der Waals surface area contributed by atoms with Crippen molar-refractivity contribution in [2.24, 2.45) is 11.7 Å². The first-order valence-corrected chi connectivity index (χ1v) is 5.84. The van der Waals surface area contributed by atoms with Crippen LogP contribution in [0.25, 0.3) is 0 Å². The molecule has 2 rings (SSSR count). The summed E-state index contributed by atoms with van der Waals surface area (Å²) in [6, 6.07) is 6.88. The second-order valence-corrected chi connectivity index (χ2v) is 4.35. The summed E-state index contributed by atoms with van der Waals surface area (Å²) in [5, 5.41) is 0. The van der Waals surface area contributed by atoms with Gasteiger partial charge in [-0.25, -0.2) is 4.79 Å². The molecule has 1 aliphatic rings. The summed E-state index contributed by atoms with van der Waals surface area (Å²) in [5.41, 5.74) is 6.75. The van der Waals surface area contributed by atoms with Crippen LogP contribution in [-0.4, -0.2) is 32.1 Å². The number of carbonyl (C=O) groups excluding carboxylic acids is 2. The van der Waals surface area contributed by atoms with Crippen LogP contribution in [0.3, 0.4) is 0 Å². The van der Waals surface area contributed by atoms with Crippen LogP contribution in [-0.2, 0) is 9.53 Å². The summed E-state index contributed by atoms with van der Waals surface area (Å²) in [7, 11) is 1.33. The van der Waals surface area contributed by atoms with E-state index in [0.29, 0.717) is 25.1 Å². The van der Waals surface area contributed by atoms with Crippen molar-refractivity contribution in [2.45, 2.75) is 6.42 Å². The lowest BCUT2D eigenvalue weighted by Gasteiger charge is -2.17. The van der Waals surface area contributed by atoms with Gasteiger partial charge in [0.05, 0.1) is 12.7 Å². The average molecular weight is 248 g/mol. The van der Waals surface area contributed by atoms with Crippen molar-refractivity contribution in [3.05, 3.63) is 29.8 Å². The highest BCUT2D eigenvalue weighted by Gasteiger charge is 2.29. The molecule has 1 unspecified atom stereocenters. The van der Waals surface area contributed by atoms with Gasteiger partial charge in [-0.15, -0.1) is 0 Å². The highest BCUT2D eigenvalue weighted by atomic mass is 16.5. The monoisotopic (exact) mass is 248 g/mol. The third-order valence-electron chi connectivity index (χ3n) is 3.12. The molecule has 1 amide bonds. The average Bonchev–Trinajstić information content (AvgIpc) is 2.79. The Bertz CT molecular complexity index is 473. The number of ether oxygens (including phenoxy) is 1. The van der Waals surface area contributed by atoms with Gasteiger partial charge in [0.15, 0.2) is 0 Å². The Labute approximate surface area is 106 Å². The molecule has 1 saturated heterocycles.